The lowest BCUT2D eigenvalue weighted by atomic mass is 10.0. The van der Waals surface area contributed by atoms with E-state index < -0.39 is 12.1 Å². The van der Waals surface area contributed by atoms with Gasteiger partial charge in [0.25, 0.3) is 0 Å². The molecule has 0 saturated carbocycles. The largest absolute Gasteiger partial charge is 0.135 e. The second-order valence-electron chi connectivity index (χ2n) is 4.64. The summed E-state index contributed by atoms with van der Waals surface area (Å²) in [6.45, 7) is 0. The Morgan fingerprint density at radius 2 is 1.65 bits per heavy atom. The third-order valence-corrected chi connectivity index (χ3v) is 4.76. The first-order chi connectivity index (χ1) is 14.1. The Hall–Kier alpha value is -2.12. The summed E-state index contributed by atoms with van der Waals surface area (Å²) in [6.07, 6.45) is 0.152. The number of hydrogen-bond acceptors (Lipinski definition) is 1. The van der Waals surface area contributed by atoms with E-state index in [9.17, 15) is 0 Å². The van der Waals surface area contributed by atoms with Crippen molar-refractivity contribution in [3.63, 3.8) is 0 Å². The van der Waals surface area contributed by atoms with E-state index in [0.717, 1.165) is 11.3 Å². The monoisotopic (exact) mass is 282 g/mol. The van der Waals surface area contributed by atoms with Crippen molar-refractivity contribution in [2.75, 3.05) is 0 Å². The number of thiophene rings is 1. The summed E-state index contributed by atoms with van der Waals surface area (Å²) in [5.74, 6) is 0. The smallest absolute Gasteiger partial charge is 0.0638 e. The molecule has 0 amide bonds. The molecule has 0 N–H and O–H groups in total. The van der Waals surface area contributed by atoms with Crippen LogP contribution in [0.1, 0.15) is 24.8 Å². The number of rotatable bonds is 0. The lowest BCUT2D eigenvalue weighted by Gasteiger charge is -2.01. The molecule has 0 spiro atoms. The molecule has 1 heterocycles. The first kappa shape index (κ1) is 5.01. The van der Waals surface area contributed by atoms with Gasteiger partial charge in [-0.25, -0.2) is 0 Å². The average Bonchev–Trinajstić information content (AvgIpc) is 3.31. The lowest BCUT2D eigenvalue weighted by molar-refractivity contribution is 1.29. The molecule has 1 aliphatic carbocycles. The van der Waals surface area contributed by atoms with Crippen LogP contribution in [-0.2, 0) is 6.42 Å². The van der Waals surface area contributed by atoms with Gasteiger partial charge < -0.3 is 0 Å². The van der Waals surface area contributed by atoms with E-state index in [4.69, 9.17) is 13.7 Å². The molecule has 0 bridgehead atoms. The van der Waals surface area contributed by atoms with E-state index in [1.165, 1.54) is 0 Å². The Morgan fingerprint density at radius 3 is 2.65 bits per heavy atom. The minimum absolute atomic E-state index is 0.152. The minimum Gasteiger partial charge on any atom is -0.135 e. The van der Waals surface area contributed by atoms with Crippen molar-refractivity contribution in [3.8, 4) is 11.1 Å². The molecule has 0 fully saturated rings. The van der Waals surface area contributed by atoms with Crippen LogP contribution in [0.3, 0.4) is 0 Å². The van der Waals surface area contributed by atoms with Gasteiger partial charge in [0.15, 0.2) is 0 Å². The standard InChI is InChI=1S/C19H12S/c1-2-6-13-12(5-1)11-17-14(13)9-10-16-15-7-3-4-8-18(15)20-19(16)17/h1-10H,11H2/i1D,2D,3D,4D,5D,6D,7D,8D,9D,10D. The van der Waals surface area contributed by atoms with Gasteiger partial charge in [0.2, 0.25) is 0 Å². The van der Waals surface area contributed by atoms with Gasteiger partial charge >= 0.3 is 0 Å². The summed E-state index contributed by atoms with van der Waals surface area (Å²) < 4.78 is 82.9. The van der Waals surface area contributed by atoms with Gasteiger partial charge in [-0.05, 0) is 28.3 Å². The first-order valence-corrected chi connectivity index (χ1v) is 6.93. The van der Waals surface area contributed by atoms with E-state index in [2.05, 4.69) is 0 Å². The van der Waals surface area contributed by atoms with Crippen LogP contribution >= 0.6 is 11.3 Å². The summed E-state index contributed by atoms with van der Waals surface area (Å²) in [5, 5.41) is 0.478. The highest BCUT2D eigenvalue weighted by Gasteiger charge is 2.21. The van der Waals surface area contributed by atoms with E-state index in [1.807, 2.05) is 0 Å². The Kier molecular flexibility index (Phi) is 0.929. The molecule has 0 atom stereocenters. The number of fused-ring (bicyclic) bond motifs is 7. The molecule has 0 radical (unpaired) electrons. The quantitative estimate of drug-likeness (QED) is 0.345. The zero-order valence-corrected chi connectivity index (χ0v) is 10.9. The van der Waals surface area contributed by atoms with Crippen LogP contribution in [0.25, 0.3) is 31.3 Å². The van der Waals surface area contributed by atoms with Gasteiger partial charge in [-0.3, -0.25) is 0 Å². The predicted octanol–water partition coefficient (Wildman–Crippen LogP) is 5.63. The number of hydrogen-bond donors (Lipinski definition) is 0. The molecule has 94 valence electrons. The molecule has 1 heteroatoms. The molecule has 0 nitrogen and oxygen atoms in total. The van der Waals surface area contributed by atoms with Crippen LogP contribution in [0, 0.1) is 0 Å². The van der Waals surface area contributed by atoms with E-state index >= 15 is 0 Å². The zero-order valence-electron chi connectivity index (χ0n) is 20.1. The first-order valence-electron chi connectivity index (χ1n) is 11.1. The highest BCUT2D eigenvalue weighted by Crippen LogP contribution is 2.45. The van der Waals surface area contributed by atoms with Gasteiger partial charge in [0.05, 0.1) is 13.7 Å². The van der Waals surface area contributed by atoms with Crippen LogP contribution in [0.2, 0.25) is 0 Å². The molecule has 3 aromatic carbocycles. The van der Waals surface area contributed by atoms with Gasteiger partial charge in [-0.1, -0.05) is 54.4 Å². The molecule has 1 aliphatic rings. The third kappa shape index (κ3) is 1.26. The fourth-order valence-corrected chi connectivity index (χ4v) is 3.82. The van der Waals surface area contributed by atoms with Crippen molar-refractivity contribution in [2.45, 2.75) is 6.42 Å². The third-order valence-electron chi connectivity index (χ3n) is 3.59. The van der Waals surface area contributed by atoms with Gasteiger partial charge in [0.1, 0.15) is 0 Å². The van der Waals surface area contributed by atoms with Gasteiger partial charge in [-0.2, -0.15) is 0 Å². The van der Waals surface area contributed by atoms with Crippen LogP contribution in [0.15, 0.2) is 60.4 Å². The summed E-state index contributed by atoms with van der Waals surface area (Å²) in [7, 11) is 0. The Balaban J connectivity index is 2.02. The fourth-order valence-electron chi connectivity index (χ4n) is 2.71. The van der Waals surface area contributed by atoms with Crippen molar-refractivity contribution in [1.29, 1.82) is 0 Å². The fraction of sp³-hybridized carbons (Fsp3) is 0.0526. The van der Waals surface area contributed by atoms with Crippen molar-refractivity contribution >= 4 is 31.5 Å². The van der Waals surface area contributed by atoms with E-state index in [0.29, 0.717) is 20.5 Å². The maximum atomic E-state index is 8.59. The van der Waals surface area contributed by atoms with Crippen molar-refractivity contribution in [3.05, 3.63) is 71.6 Å². The summed E-state index contributed by atoms with van der Waals surface area (Å²) >= 11 is 1.11. The molecule has 0 unspecified atom stereocenters. The molecule has 20 heavy (non-hydrogen) atoms. The maximum Gasteiger partial charge on any atom is 0.0638 e. The molecular weight excluding hydrogens is 260 g/mol. The van der Waals surface area contributed by atoms with Gasteiger partial charge in [0, 0.05) is 26.6 Å². The highest BCUT2D eigenvalue weighted by atomic mass is 32.1. The molecule has 0 aliphatic heterocycles. The second-order valence-corrected chi connectivity index (χ2v) is 5.66. The number of benzene rings is 3. The van der Waals surface area contributed by atoms with Gasteiger partial charge in [-0.15, -0.1) is 11.3 Å². The van der Waals surface area contributed by atoms with Crippen LogP contribution in [0.5, 0.6) is 0 Å². The Bertz CT molecular complexity index is 1470. The van der Waals surface area contributed by atoms with Crippen LogP contribution in [-0.4, -0.2) is 0 Å². The van der Waals surface area contributed by atoms with E-state index in [1.54, 1.807) is 0 Å². The molecule has 5 rings (SSSR count). The summed E-state index contributed by atoms with van der Waals surface area (Å²) in [4.78, 5) is 0. The zero-order chi connectivity index (χ0) is 21.8. The predicted molar refractivity (Wildman–Crippen MR) is 87.6 cm³/mol. The second kappa shape index (κ2) is 3.71. The Morgan fingerprint density at radius 1 is 0.800 bits per heavy atom. The highest BCUT2D eigenvalue weighted by molar-refractivity contribution is 7.26. The lowest BCUT2D eigenvalue weighted by Crippen LogP contribution is -1.79. The molecule has 1 aromatic heterocycles. The van der Waals surface area contributed by atoms with E-state index in [-0.39, 0.29) is 76.7 Å². The Labute approximate surface area is 135 Å². The topological polar surface area (TPSA) is 0 Å². The maximum absolute atomic E-state index is 8.59. The molecular formula is C19H12S. The SMILES string of the molecule is [2H]c1c([2H])c([2H])c2c(c1[2H])Cc1c-2c([2H])c([2H])c2c1sc1c([2H])c([2H])c([2H])c([2H])c12. The normalized spacial score (nSPS) is 19.8. The minimum atomic E-state index is -0.401. The summed E-state index contributed by atoms with van der Waals surface area (Å²) in [6, 6.07) is -2.80. The van der Waals surface area contributed by atoms with Crippen LogP contribution < -0.4 is 0 Å². The van der Waals surface area contributed by atoms with Crippen molar-refractivity contribution in [2.24, 2.45) is 0 Å². The van der Waals surface area contributed by atoms with Crippen molar-refractivity contribution in [1.82, 2.24) is 0 Å². The average molecular weight is 282 g/mol. The summed E-state index contributed by atoms with van der Waals surface area (Å²) in [5.41, 5.74) is 1.46. The molecule has 0 saturated heterocycles. The van der Waals surface area contributed by atoms with Crippen LogP contribution in [0.4, 0.5) is 0 Å². The van der Waals surface area contributed by atoms with Crippen molar-refractivity contribution < 1.29 is 13.7 Å². The molecule has 4 aromatic rings.